The molecule has 0 spiro atoms. The summed E-state index contributed by atoms with van der Waals surface area (Å²) in [6.07, 6.45) is -6.86. The van der Waals surface area contributed by atoms with Crippen LogP contribution in [0.25, 0.3) is 0 Å². The van der Waals surface area contributed by atoms with Crippen LogP contribution < -0.4 is 0 Å². The molecule has 1 aliphatic heterocycles. The Balaban J connectivity index is 2.47. The summed E-state index contributed by atoms with van der Waals surface area (Å²) in [7, 11) is -2.73. The van der Waals surface area contributed by atoms with Crippen molar-refractivity contribution in [1.29, 1.82) is 0 Å². The van der Waals surface area contributed by atoms with E-state index in [2.05, 4.69) is 0 Å². The first kappa shape index (κ1) is 17.3. The smallest absolute Gasteiger partial charge is 0.189 e. The van der Waals surface area contributed by atoms with Crippen molar-refractivity contribution in [2.24, 2.45) is 0 Å². The second-order valence-corrected chi connectivity index (χ2v) is 6.76. The fourth-order valence-corrected chi connectivity index (χ4v) is 4.40. The zero-order valence-corrected chi connectivity index (χ0v) is 11.4. The third kappa shape index (κ3) is 2.26. The summed E-state index contributed by atoms with van der Waals surface area (Å²) in [6.45, 7) is 0. The van der Waals surface area contributed by atoms with Gasteiger partial charge in [-0.1, -0.05) is 18.2 Å². The lowest BCUT2D eigenvalue weighted by Crippen LogP contribution is -2.63. The van der Waals surface area contributed by atoms with E-state index in [0.717, 1.165) is 6.07 Å². The second-order valence-electron chi connectivity index (χ2n) is 4.62. The minimum Gasteiger partial charge on any atom is -0.189 e. The number of hydrogen-bond acceptors (Lipinski definition) is 0. The highest BCUT2D eigenvalue weighted by Crippen LogP contribution is 2.57. The van der Waals surface area contributed by atoms with Gasteiger partial charge >= 0.3 is 23.3 Å². The van der Waals surface area contributed by atoms with Crippen molar-refractivity contribution in [3.8, 4) is 0 Å². The molecule has 1 aromatic rings. The highest BCUT2D eigenvalue weighted by Gasteiger charge is 2.87. The minimum atomic E-state index is -6.83. The van der Waals surface area contributed by atoms with Gasteiger partial charge < -0.3 is 0 Å². The first-order chi connectivity index (χ1) is 9.84. The van der Waals surface area contributed by atoms with E-state index in [1.807, 2.05) is 0 Å². The molecule has 0 saturated carbocycles. The van der Waals surface area contributed by atoms with Crippen LogP contribution in [0, 0.1) is 0 Å². The predicted octanol–water partition coefficient (Wildman–Crippen LogP) is 4.65. The van der Waals surface area contributed by atoms with Gasteiger partial charge in [0.2, 0.25) is 0 Å². The number of halogens is 9. The molecule has 0 amide bonds. The average Bonchev–Trinajstić information content (AvgIpc) is 2.81. The van der Waals surface area contributed by atoms with E-state index in [1.54, 1.807) is 0 Å². The molecule has 0 aromatic heterocycles. The summed E-state index contributed by atoms with van der Waals surface area (Å²) >= 11 is 0. The van der Waals surface area contributed by atoms with E-state index in [9.17, 15) is 39.5 Å². The highest BCUT2D eigenvalue weighted by molar-refractivity contribution is 7.98. The number of benzene rings is 1. The number of rotatable bonds is 3. The van der Waals surface area contributed by atoms with Gasteiger partial charge in [-0.3, -0.25) is 0 Å². The predicted molar refractivity (Wildman–Crippen MR) is 61.5 cm³/mol. The molecule has 0 bridgehead atoms. The number of aryl methyl sites for hydroxylation is 1. The van der Waals surface area contributed by atoms with Crippen LogP contribution >= 0.6 is 0 Å². The van der Waals surface area contributed by atoms with Gasteiger partial charge in [-0.25, -0.2) is 0 Å². The Morgan fingerprint density at radius 2 is 1.32 bits per heavy atom. The molecule has 124 valence electrons. The Labute approximate surface area is 121 Å². The molecule has 10 heteroatoms. The Morgan fingerprint density at radius 3 is 1.86 bits per heavy atom. The lowest BCUT2D eigenvalue weighted by atomic mass is 10.1. The minimum absolute atomic E-state index is 0.0808. The first-order valence-electron chi connectivity index (χ1n) is 5.83. The quantitative estimate of drug-likeness (QED) is 0.547. The molecule has 0 N–H and O–H groups in total. The van der Waals surface area contributed by atoms with Crippen molar-refractivity contribution in [2.75, 3.05) is 5.75 Å². The Morgan fingerprint density at radius 1 is 0.773 bits per heavy atom. The van der Waals surface area contributed by atoms with E-state index in [-0.39, 0.29) is 16.9 Å². The molecule has 1 heterocycles. The van der Waals surface area contributed by atoms with Gasteiger partial charge in [0, 0.05) is 12.0 Å². The molecule has 0 aliphatic carbocycles. The van der Waals surface area contributed by atoms with Crippen molar-refractivity contribution < 1.29 is 39.5 Å². The fourth-order valence-electron chi connectivity index (χ4n) is 2.05. The summed E-state index contributed by atoms with van der Waals surface area (Å²) in [5.41, 5.74) is 0.247. The lowest BCUT2D eigenvalue weighted by Gasteiger charge is -2.31. The average molecular weight is 355 g/mol. The Bertz CT molecular complexity index is 564. The molecule has 1 aliphatic rings. The fraction of sp³-hybridized carbons (Fsp3) is 0.500. The maximum atomic E-state index is 13.9. The summed E-state index contributed by atoms with van der Waals surface area (Å²) in [5.74, 6) is -14.0. The molecule has 0 radical (unpaired) electrons. The van der Waals surface area contributed by atoms with E-state index < -0.39 is 39.9 Å². The number of fused-ring (bicyclic) bond motifs is 1. The molecule has 1 aromatic carbocycles. The van der Waals surface area contributed by atoms with Crippen LogP contribution in [-0.2, 0) is 17.3 Å². The Kier molecular flexibility index (Phi) is 3.91. The summed E-state index contributed by atoms with van der Waals surface area (Å²) in [6, 6.07) is 5.06. The summed E-state index contributed by atoms with van der Waals surface area (Å²) in [4.78, 5) is -0.301. The molecule has 1 atom stereocenters. The van der Waals surface area contributed by atoms with Crippen molar-refractivity contribution in [1.82, 2.24) is 0 Å². The van der Waals surface area contributed by atoms with Gasteiger partial charge in [0.15, 0.2) is 4.90 Å². The van der Waals surface area contributed by atoms with Gasteiger partial charge in [-0.15, -0.1) is 8.78 Å². The zero-order valence-electron chi connectivity index (χ0n) is 10.5. The molecule has 1 unspecified atom stereocenters. The molecule has 0 nitrogen and oxygen atoms in total. The summed E-state index contributed by atoms with van der Waals surface area (Å²) in [5, 5.41) is -5.52. The van der Waals surface area contributed by atoms with Crippen LogP contribution in [0.15, 0.2) is 29.2 Å². The molecule has 0 saturated heterocycles. The third-order valence-electron chi connectivity index (χ3n) is 3.24. The van der Waals surface area contributed by atoms with Crippen molar-refractivity contribution >= 4 is 10.9 Å². The largest absolute Gasteiger partial charge is 0.485 e. The highest BCUT2D eigenvalue weighted by atomic mass is 32.2. The van der Waals surface area contributed by atoms with Crippen molar-refractivity contribution in [2.45, 2.75) is 34.6 Å². The Hall–Kier alpha value is -1.06. The van der Waals surface area contributed by atoms with Gasteiger partial charge in [0.25, 0.3) is 0 Å². The van der Waals surface area contributed by atoms with Gasteiger partial charge in [0.1, 0.15) is 16.6 Å². The SMILES string of the molecule is FC(F)(F)C(F)(F)C(F)(F)C(F)(F)[S+]1CCc2ccccc21. The van der Waals surface area contributed by atoms with Crippen LogP contribution in [0.1, 0.15) is 5.56 Å². The second kappa shape index (κ2) is 4.97. The molecule has 2 rings (SSSR count). The maximum absolute atomic E-state index is 13.9. The van der Waals surface area contributed by atoms with Gasteiger partial charge in [-0.05, 0) is 6.07 Å². The van der Waals surface area contributed by atoms with Crippen LogP contribution in [0.4, 0.5) is 39.5 Å². The lowest BCUT2D eigenvalue weighted by molar-refractivity contribution is -0.381. The van der Waals surface area contributed by atoms with Crippen LogP contribution in [0.3, 0.4) is 0 Å². The zero-order chi connectivity index (χ0) is 17.0. The van der Waals surface area contributed by atoms with E-state index in [1.165, 1.54) is 18.2 Å². The first-order valence-corrected chi connectivity index (χ1v) is 7.22. The molecule has 0 fully saturated rings. The summed E-state index contributed by atoms with van der Waals surface area (Å²) < 4.78 is 117. The molecular weight excluding hydrogens is 347 g/mol. The molecule has 22 heavy (non-hydrogen) atoms. The normalized spacial score (nSPS) is 20.1. The third-order valence-corrected chi connectivity index (χ3v) is 5.66. The van der Waals surface area contributed by atoms with Crippen LogP contribution in [0.5, 0.6) is 0 Å². The van der Waals surface area contributed by atoms with Gasteiger partial charge in [0.05, 0.1) is 0 Å². The van der Waals surface area contributed by atoms with Crippen LogP contribution in [0.2, 0.25) is 0 Å². The molecular formula is C12H8F9S+. The maximum Gasteiger partial charge on any atom is 0.485 e. The monoisotopic (exact) mass is 355 g/mol. The van der Waals surface area contributed by atoms with Crippen molar-refractivity contribution in [3.05, 3.63) is 29.8 Å². The van der Waals surface area contributed by atoms with E-state index in [0.29, 0.717) is 0 Å². The topological polar surface area (TPSA) is 0 Å². The van der Waals surface area contributed by atoms with Gasteiger partial charge in [-0.2, -0.15) is 30.7 Å². The van der Waals surface area contributed by atoms with Crippen LogP contribution in [-0.4, -0.2) is 29.0 Å². The van der Waals surface area contributed by atoms with E-state index in [4.69, 9.17) is 0 Å². The standard InChI is InChI=1S/C12H8F9S/c13-9(14,11(17,18)19)10(15,16)12(20,21)22-6-5-7-3-1-2-4-8(7)22/h1-4H,5-6H2/q+1. The van der Waals surface area contributed by atoms with E-state index >= 15 is 0 Å². The van der Waals surface area contributed by atoms with Crippen molar-refractivity contribution in [3.63, 3.8) is 0 Å². The number of hydrogen-bond donors (Lipinski definition) is 0. The number of alkyl halides is 9.